The number of benzene rings is 2. The van der Waals surface area contributed by atoms with E-state index < -0.39 is 6.10 Å². The number of anilines is 1. The Bertz CT molecular complexity index is 813. The highest BCUT2D eigenvalue weighted by atomic mass is 16.5. The lowest BCUT2D eigenvalue weighted by Gasteiger charge is -2.33. The molecule has 1 unspecified atom stereocenters. The number of ether oxygens (including phenoxy) is 1. The number of carbonyl (C=O) groups excluding carboxylic acids is 2. The minimum Gasteiger partial charge on any atom is -0.478 e. The van der Waals surface area contributed by atoms with Crippen molar-refractivity contribution in [1.29, 1.82) is 0 Å². The van der Waals surface area contributed by atoms with Crippen LogP contribution < -0.4 is 10.1 Å². The quantitative estimate of drug-likeness (QED) is 0.906. The summed E-state index contributed by atoms with van der Waals surface area (Å²) in [4.78, 5) is 26.8. The van der Waals surface area contributed by atoms with Gasteiger partial charge in [-0.3, -0.25) is 9.59 Å². The van der Waals surface area contributed by atoms with Crippen molar-refractivity contribution >= 4 is 17.5 Å². The fraction of sp³-hybridized carbons (Fsp3) is 0.364. The molecular weight excluding hydrogens is 340 g/mol. The van der Waals surface area contributed by atoms with Crippen molar-refractivity contribution in [1.82, 2.24) is 4.90 Å². The van der Waals surface area contributed by atoms with Crippen LogP contribution in [0.1, 0.15) is 24.8 Å². The van der Waals surface area contributed by atoms with Crippen molar-refractivity contribution in [3.63, 3.8) is 0 Å². The molecule has 5 heteroatoms. The number of hydrogen-bond acceptors (Lipinski definition) is 3. The molecule has 0 saturated carbocycles. The van der Waals surface area contributed by atoms with E-state index in [0.717, 1.165) is 32.4 Å². The van der Waals surface area contributed by atoms with Gasteiger partial charge in [-0.15, -0.1) is 0 Å². The largest absolute Gasteiger partial charge is 0.478 e. The zero-order valence-electron chi connectivity index (χ0n) is 15.3. The number of para-hydroxylation sites is 2. The Morgan fingerprint density at radius 2 is 1.74 bits per heavy atom. The monoisotopic (exact) mass is 364 g/mol. The molecule has 1 N–H and O–H groups in total. The minimum absolute atomic E-state index is 0.00677. The number of nitrogens with one attached hydrogen (secondary N) is 1. The molecule has 0 spiro atoms. The molecule has 0 bridgehead atoms. The van der Waals surface area contributed by atoms with Gasteiger partial charge in [-0.1, -0.05) is 42.5 Å². The molecule has 2 aliphatic heterocycles. The third-order valence-electron chi connectivity index (χ3n) is 5.40. The van der Waals surface area contributed by atoms with Gasteiger partial charge in [0.1, 0.15) is 5.75 Å². The van der Waals surface area contributed by atoms with Gasteiger partial charge in [0.05, 0.1) is 12.1 Å². The molecule has 140 valence electrons. The summed E-state index contributed by atoms with van der Waals surface area (Å²) in [5.41, 5.74) is 2.01. The summed E-state index contributed by atoms with van der Waals surface area (Å²) in [6.07, 6.45) is 2.40. The molecule has 1 atom stereocenters. The molecule has 2 aliphatic rings. The summed E-state index contributed by atoms with van der Waals surface area (Å²) in [6, 6.07) is 17.8. The smallest absolute Gasteiger partial charge is 0.266 e. The van der Waals surface area contributed by atoms with E-state index in [9.17, 15) is 9.59 Å². The molecule has 0 aromatic heterocycles. The van der Waals surface area contributed by atoms with E-state index in [1.54, 1.807) is 12.1 Å². The first kappa shape index (κ1) is 17.6. The fourth-order valence-corrected chi connectivity index (χ4v) is 3.85. The van der Waals surface area contributed by atoms with Crippen LogP contribution in [0.5, 0.6) is 5.75 Å². The van der Waals surface area contributed by atoms with E-state index in [1.165, 1.54) is 5.56 Å². The van der Waals surface area contributed by atoms with Crippen molar-refractivity contribution < 1.29 is 14.3 Å². The number of amides is 2. The molecule has 5 nitrogen and oxygen atoms in total. The minimum atomic E-state index is -0.755. The van der Waals surface area contributed by atoms with Gasteiger partial charge in [0.15, 0.2) is 6.10 Å². The average Bonchev–Trinajstić information content (AvgIpc) is 2.70. The first-order valence-electron chi connectivity index (χ1n) is 9.57. The molecule has 2 heterocycles. The molecule has 1 fully saturated rings. The van der Waals surface area contributed by atoms with Crippen molar-refractivity contribution in [3.05, 3.63) is 60.2 Å². The van der Waals surface area contributed by atoms with Gasteiger partial charge < -0.3 is 15.0 Å². The summed E-state index contributed by atoms with van der Waals surface area (Å²) < 4.78 is 5.75. The van der Waals surface area contributed by atoms with E-state index in [0.29, 0.717) is 17.4 Å². The summed E-state index contributed by atoms with van der Waals surface area (Å²) in [6.45, 7) is 1.50. The number of hydrogen-bond donors (Lipinski definition) is 1. The van der Waals surface area contributed by atoms with Gasteiger partial charge >= 0.3 is 0 Å². The lowest BCUT2D eigenvalue weighted by molar-refractivity contribution is -0.138. The molecule has 27 heavy (non-hydrogen) atoms. The SMILES string of the molecule is O=C1Nc2ccccc2OC1CC(=O)N1CCC(Cc2ccccc2)CC1. The standard InChI is InChI=1S/C22H24N2O3/c25-21(15-20-22(26)23-18-8-4-5-9-19(18)27-20)24-12-10-17(11-13-24)14-16-6-2-1-3-7-16/h1-9,17,20H,10-15H2,(H,23,26). The third kappa shape index (κ3) is 4.13. The molecule has 2 amide bonds. The van der Waals surface area contributed by atoms with E-state index in [4.69, 9.17) is 4.74 Å². The van der Waals surface area contributed by atoms with Crippen LogP contribution in [0.15, 0.2) is 54.6 Å². The summed E-state index contributed by atoms with van der Waals surface area (Å²) in [5.74, 6) is 0.975. The Balaban J connectivity index is 1.29. The van der Waals surface area contributed by atoms with Crippen LogP contribution in [0.3, 0.4) is 0 Å². The van der Waals surface area contributed by atoms with Crippen LogP contribution in [0.25, 0.3) is 0 Å². The van der Waals surface area contributed by atoms with Crippen LogP contribution in [0, 0.1) is 5.92 Å². The number of carbonyl (C=O) groups is 2. The lowest BCUT2D eigenvalue weighted by atomic mass is 9.90. The lowest BCUT2D eigenvalue weighted by Crippen LogP contribution is -2.44. The maximum absolute atomic E-state index is 12.7. The van der Waals surface area contributed by atoms with Gasteiger partial charge in [-0.25, -0.2) is 0 Å². The Hall–Kier alpha value is -2.82. The normalized spacial score (nSPS) is 19.8. The van der Waals surface area contributed by atoms with Crippen molar-refractivity contribution in [2.24, 2.45) is 5.92 Å². The Morgan fingerprint density at radius 1 is 1.04 bits per heavy atom. The highest BCUT2D eigenvalue weighted by Crippen LogP contribution is 2.30. The van der Waals surface area contributed by atoms with Crippen LogP contribution in [-0.4, -0.2) is 35.9 Å². The highest BCUT2D eigenvalue weighted by Gasteiger charge is 2.32. The summed E-state index contributed by atoms with van der Waals surface area (Å²) in [7, 11) is 0. The predicted molar refractivity (Wildman–Crippen MR) is 104 cm³/mol. The van der Waals surface area contributed by atoms with E-state index in [2.05, 4.69) is 29.6 Å². The predicted octanol–water partition coefficient (Wildman–Crippen LogP) is 3.26. The van der Waals surface area contributed by atoms with Gasteiger partial charge in [0.25, 0.3) is 5.91 Å². The topological polar surface area (TPSA) is 58.6 Å². The molecule has 2 aromatic carbocycles. The zero-order chi connectivity index (χ0) is 18.6. The molecule has 2 aromatic rings. The number of rotatable bonds is 4. The number of piperidine rings is 1. The summed E-state index contributed by atoms with van der Waals surface area (Å²) in [5, 5.41) is 2.82. The van der Waals surface area contributed by atoms with Crippen molar-refractivity contribution in [2.75, 3.05) is 18.4 Å². The Morgan fingerprint density at radius 3 is 2.52 bits per heavy atom. The first-order chi connectivity index (χ1) is 13.2. The zero-order valence-corrected chi connectivity index (χ0v) is 15.3. The number of fused-ring (bicyclic) bond motifs is 1. The second kappa shape index (κ2) is 7.82. The molecule has 0 radical (unpaired) electrons. The van der Waals surface area contributed by atoms with Gasteiger partial charge in [0, 0.05) is 13.1 Å². The first-order valence-corrected chi connectivity index (χ1v) is 9.57. The maximum atomic E-state index is 12.7. The second-order valence-corrected chi connectivity index (χ2v) is 7.31. The molecular formula is C22H24N2O3. The van der Waals surface area contributed by atoms with Crippen LogP contribution in [0.4, 0.5) is 5.69 Å². The maximum Gasteiger partial charge on any atom is 0.266 e. The average molecular weight is 364 g/mol. The van der Waals surface area contributed by atoms with Crippen molar-refractivity contribution in [3.8, 4) is 5.75 Å². The fourth-order valence-electron chi connectivity index (χ4n) is 3.85. The number of likely N-dealkylation sites (tertiary alicyclic amines) is 1. The van der Waals surface area contributed by atoms with Crippen molar-refractivity contribution in [2.45, 2.75) is 31.8 Å². The third-order valence-corrected chi connectivity index (χ3v) is 5.40. The second-order valence-electron chi connectivity index (χ2n) is 7.31. The van der Waals surface area contributed by atoms with Crippen LogP contribution in [-0.2, 0) is 16.0 Å². The van der Waals surface area contributed by atoms with E-state index in [-0.39, 0.29) is 18.2 Å². The van der Waals surface area contributed by atoms with Crippen LogP contribution in [0.2, 0.25) is 0 Å². The van der Waals surface area contributed by atoms with Crippen LogP contribution >= 0.6 is 0 Å². The van der Waals surface area contributed by atoms with Gasteiger partial charge in [-0.05, 0) is 42.9 Å². The molecule has 1 saturated heterocycles. The van der Waals surface area contributed by atoms with Gasteiger partial charge in [0.2, 0.25) is 5.91 Å². The summed E-state index contributed by atoms with van der Waals surface area (Å²) >= 11 is 0. The van der Waals surface area contributed by atoms with E-state index >= 15 is 0 Å². The van der Waals surface area contributed by atoms with E-state index in [1.807, 2.05) is 23.1 Å². The Kier molecular flexibility index (Phi) is 5.10. The molecule has 0 aliphatic carbocycles. The molecule has 4 rings (SSSR count). The highest BCUT2D eigenvalue weighted by molar-refractivity contribution is 5.99. The number of nitrogens with zero attached hydrogens (tertiary/aromatic N) is 1. The Labute approximate surface area is 159 Å². The van der Waals surface area contributed by atoms with Gasteiger partial charge in [-0.2, -0.15) is 0 Å².